The number of hydrogen-bond donors (Lipinski definition) is 0. The van der Waals surface area contributed by atoms with Crippen molar-refractivity contribution >= 4 is 33.7 Å². The second-order valence-electron chi connectivity index (χ2n) is 7.78. The van der Waals surface area contributed by atoms with Crippen LogP contribution in [0, 0.1) is 0 Å². The van der Waals surface area contributed by atoms with Crippen molar-refractivity contribution in [3.05, 3.63) is 133 Å². The Bertz CT molecular complexity index is 1370. The minimum Gasteiger partial charge on any atom is -0.0984 e. The summed E-state index contributed by atoms with van der Waals surface area (Å²) in [4.78, 5) is 0. The molecule has 0 aliphatic rings. The van der Waals surface area contributed by atoms with E-state index in [1.807, 2.05) is 18.2 Å². The largest absolute Gasteiger partial charge is 0.0984 e. The van der Waals surface area contributed by atoms with E-state index in [-0.39, 0.29) is 0 Å². The molecule has 5 rings (SSSR count). The fourth-order valence-corrected chi connectivity index (χ4v) is 4.18. The zero-order valence-electron chi connectivity index (χ0n) is 18.6. The van der Waals surface area contributed by atoms with Crippen molar-refractivity contribution in [1.82, 2.24) is 0 Å². The molecule has 32 heavy (non-hydrogen) atoms. The van der Waals surface area contributed by atoms with Gasteiger partial charge in [0.1, 0.15) is 0 Å². The lowest BCUT2D eigenvalue weighted by atomic mass is 9.95. The molecule has 0 aliphatic carbocycles. The van der Waals surface area contributed by atoms with Gasteiger partial charge >= 0.3 is 0 Å². The Balaban J connectivity index is 0.000000158. The van der Waals surface area contributed by atoms with Gasteiger partial charge in [-0.15, -0.1) is 0 Å². The number of hydrogen-bond acceptors (Lipinski definition) is 0. The first-order chi connectivity index (χ1) is 15.7. The van der Waals surface area contributed by atoms with E-state index in [0.29, 0.717) is 0 Å². The van der Waals surface area contributed by atoms with Gasteiger partial charge in [-0.05, 0) is 55.8 Å². The van der Waals surface area contributed by atoms with E-state index in [1.54, 1.807) is 0 Å². The van der Waals surface area contributed by atoms with Crippen LogP contribution in [0.5, 0.6) is 0 Å². The SMILES string of the molecule is C=Cc1cc(CC)cc2ccccc12.C=Cc1cccc2cccc(-c3ccccc3)c12. The maximum absolute atomic E-state index is 3.92. The Hall–Kier alpha value is -3.90. The summed E-state index contributed by atoms with van der Waals surface area (Å²) in [6.07, 6.45) is 4.93. The molecule has 156 valence electrons. The van der Waals surface area contributed by atoms with Gasteiger partial charge in [-0.25, -0.2) is 0 Å². The molecule has 0 aromatic heterocycles. The maximum atomic E-state index is 3.92. The highest BCUT2D eigenvalue weighted by atomic mass is 14.1. The topological polar surface area (TPSA) is 0 Å². The van der Waals surface area contributed by atoms with E-state index in [9.17, 15) is 0 Å². The van der Waals surface area contributed by atoms with Gasteiger partial charge in [0.15, 0.2) is 0 Å². The van der Waals surface area contributed by atoms with Gasteiger partial charge in [0.05, 0.1) is 0 Å². The summed E-state index contributed by atoms with van der Waals surface area (Å²) in [5, 5.41) is 5.14. The molecule has 0 aliphatic heterocycles. The zero-order valence-corrected chi connectivity index (χ0v) is 18.6. The van der Waals surface area contributed by atoms with Crippen LogP contribution in [0.4, 0.5) is 0 Å². The average Bonchev–Trinajstić information content (AvgIpc) is 2.88. The molecule has 0 atom stereocenters. The standard InChI is InChI=1S/C18H14.C14H14/c1-2-14-10-6-11-16-12-7-13-17(18(14)16)15-8-4-3-5-9-15;1-3-11-9-12(4-2)14-8-6-5-7-13(14)10-11/h2-13H,1H2;4-10H,2-3H2,1H3. The molecule has 5 aromatic rings. The average molecular weight is 413 g/mol. The molecule has 5 aromatic carbocycles. The maximum Gasteiger partial charge on any atom is -0.00331 e. The quantitative estimate of drug-likeness (QED) is 0.276. The monoisotopic (exact) mass is 412 g/mol. The molecule has 0 heterocycles. The van der Waals surface area contributed by atoms with Crippen LogP contribution in [0.2, 0.25) is 0 Å². The summed E-state index contributed by atoms with van der Waals surface area (Å²) in [5.74, 6) is 0. The molecule has 0 radical (unpaired) electrons. The van der Waals surface area contributed by atoms with Crippen molar-refractivity contribution in [3.8, 4) is 11.1 Å². The van der Waals surface area contributed by atoms with Crippen LogP contribution < -0.4 is 0 Å². The summed E-state index contributed by atoms with van der Waals surface area (Å²) in [5.41, 5.74) is 6.31. The fourth-order valence-electron chi connectivity index (χ4n) is 4.18. The van der Waals surface area contributed by atoms with Crippen LogP contribution in [-0.4, -0.2) is 0 Å². The Morgan fingerprint density at radius 2 is 1.28 bits per heavy atom. The van der Waals surface area contributed by atoms with Crippen molar-refractivity contribution in [2.24, 2.45) is 0 Å². The smallest absolute Gasteiger partial charge is 0.00331 e. The van der Waals surface area contributed by atoms with Crippen LogP contribution in [-0.2, 0) is 6.42 Å². The van der Waals surface area contributed by atoms with Crippen molar-refractivity contribution in [2.45, 2.75) is 13.3 Å². The predicted molar refractivity (Wildman–Crippen MR) is 143 cm³/mol. The molecule has 0 heteroatoms. The van der Waals surface area contributed by atoms with Crippen molar-refractivity contribution in [2.75, 3.05) is 0 Å². The van der Waals surface area contributed by atoms with Crippen LogP contribution >= 0.6 is 0 Å². The number of rotatable bonds is 4. The number of aryl methyl sites for hydroxylation is 1. The summed E-state index contributed by atoms with van der Waals surface area (Å²) >= 11 is 0. The highest BCUT2D eigenvalue weighted by Crippen LogP contribution is 2.31. The second-order valence-corrected chi connectivity index (χ2v) is 7.78. The molecule has 0 spiro atoms. The van der Waals surface area contributed by atoms with Crippen LogP contribution in [0.15, 0.2) is 116 Å². The summed E-state index contributed by atoms with van der Waals surface area (Å²) < 4.78 is 0. The predicted octanol–water partition coefficient (Wildman–Crippen LogP) is 9.19. The van der Waals surface area contributed by atoms with Gasteiger partial charge in [-0.2, -0.15) is 0 Å². The molecule has 0 amide bonds. The van der Waals surface area contributed by atoms with E-state index >= 15 is 0 Å². The molecule has 0 saturated heterocycles. The van der Waals surface area contributed by atoms with E-state index in [0.717, 1.165) is 6.42 Å². The molecule has 0 nitrogen and oxygen atoms in total. The van der Waals surface area contributed by atoms with E-state index < -0.39 is 0 Å². The lowest BCUT2D eigenvalue weighted by Gasteiger charge is -2.09. The van der Waals surface area contributed by atoms with Gasteiger partial charge in [-0.1, -0.05) is 135 Å². The molecule has 0 saturated carbocycles. The van der Waals surface area contributed by atoms with Crippen LogP contribution in [0.1, 0.15) is 23.6 Å². The third-order valence-corrected chi connectivity index (χ3v) is 5.82. The van der Waals surface area contributed by atoms with E-state index in [1.165, 1.54) is 49.4 Å². The number of benzene rings is 5. The first-order valence-corrected chi connectivity index (χ1v) is 11.1. The zero-order chi connectivity index (χ0) is 22.3. The van der Waals surface area contributed by atoms with E-state index in [2.05, 4.69) is 117 Å². The van der Waals surface area contributed by atoms with Gasteiger partial charge in [0, 0.05) is 0 Å². The first kappa shape index (κ1) is 21.3. The highest BCUT2D eigenvalue weighted by Gasteiger charge is 2.05. The van der Waals surface area contributed by atoms with Gasteiger partial charge in [-0.3, -0.25) is 0 Å². The van der Waals surface area contributed by atoms with Crippen LogP contribution in [0.25, 0.3) is 44.8 Å². The second kappa shape index (κ2) is 9.94. The van der Waals surface area contributed by atoms with E-state index in [4.69, 9.17) is 0 Å². The Kier molecular flexibility index (Phi) is 6.63. The van der Waals surface area contributed by atoms with Crippen LogP contribution in [0.3, 0.4) is 0 Å². The van der Waals surface area contributed by atoms with Gasteiger partial charge < -0.3 is 0 Å². The molecular formula is C32H28. The minimum absolute atomic E-state index is 1.08. The van der Waals surface area contributed by atoms with Crippen molar-refractivity contribution < 1.29 is 0 Å². The summed E-state index contributed by atoms with van der Waals surface area (Å²) in [6.45, 7) is 9.95. The van der Waals surface area contributed by atoms with Crippen molar-refractivity contribution in [1.29, 1.82) is 0 Å². The first-order valence-electron chi connectivity index (χ1n) is 11.1. The molecule has 0 fully saturated rings. The third kappa shape index (κ3) is 4.40. The summed E-state index contributed by atoms with van der Waals surface area (Å²) in [7, 11) is 0. The molecule has 0 bridgehead atoms. The molecular weight excluding hydrogens is 384 g/mol. The number of fused-ring (bicyclic) bond motifs is 2. The highest BCUT2D eigenvalue weighted by molar-refractivity contribution is 6.01. The Morgan fingerprint density at radius 1 is 0.625 bits per heavy atom. The normalized spacial score (nSPS) is 10.4. The third-order valence-electron chi connectivity index (χ3n) is 5.82. The summed E-state index contributed by atoms with van der Waals surface area (Å²) in [6, 6.07) is 36.2. The molecule has 0 N–H and O–H groups in total. The molecule has 0 unspecified atom stereocenters. The minimum atomic E-state index is 1.08. The van der Waals surface area contributed by atoms with Gasteiger partial charge in [0.2, 0.25) is 0 Å². The Labute approximate surface area is 191 Å². The fraction of sp³-hybridized carbons (Fsp3) is 0.0625. The van der Waals surface area contributed by atoms with Gasteiger partial charge in [0.25, 0.3) is 0 Å². The van der Waals surface area contributed by atoms with Crippen molar-refractivity contribution in [3.63, 3.8) is 0 Å². The lowest BCUT2D eigenvalue weighted by Crippen LogP contribution is -1.84. The Morgan fingerprint density at radius 3 is 2.00 bits per heavy atom. The lowest BCUT2D eigenvalue weighted by molar-refractivity contribution is 1.14.